The molecule has 1 aliphatic heterocycles. The topological polar surface area (TPSA) is 35.5 Å². The van der Waals surface area contributed by atoms with Crippen molar-refractivity contribution in [3.8, 4) is 12.3 Å². The zero-order valence-corrected chi connectivity index (χ0v) is 14.4. The largest absolute Gasteiger partial charge is 0.459 e. The fraction of sp³-hybridized carbons (Fsp3) is 0.588. The molecule has 0 aliphatic carbocycles. The normalized spacial score (nSPS) is 27.9. The Bertz CT molecular complexity index is 453. The van der Waals surface area contributed by atoms with E-state index in [9.17, 15) is 4.79 Å². The third kappa shape index (κ3) is 6.44. The molecule has 0 N–H and O–H groups in total. The highest BCUT2D eigenvalue weighted by molar-refractivity contribution is 6.21. The summed E-state index contributed by atoms with van der Waals surface area (Å²) >= 11 is 12.4. The fourth-order valence-electron chi connectivity index (χ4n) is 2.22. The molecule has 0 aromatic heterocycles. The standard InChI is InChI=1S/C17H22Cl2O3/c1-4-6-7-8-14(19)16-11-17(21-12(3)20)15(22-16)10-9-13(18)5-2/h1,6-7,9-10,13-17H,5,8,11H2,2-3H3/t13?,14?,15-,16+,17+/m1/s1. The summed E-state index contributed by atoms with van der Waals surface area (Å²) in [6, 6.07) is 0. The lowest BCUT2D eigenvalue weighted by molar-refractivity contribution is -0.147. The minimum Gasteiger partial charge on any atom is -0.459 e. The molecule has 0 aromatic carbocycles. The maximum atomic E-state index is 11.2. The molecule has 22 heavy (non-hydrogen) atoms. The number of alkyl halides is 2. The average Bonchev–Trinajstić information content (AvgIpc) is 2.87. The van der Waals surface area contributed by atoms with Gasteiger partial charge in [-0.2, -0.15) is 0 Å². The Morgan fingerprint density at radius 3 is 2.86 bits per heavy atom. The first-order chi connectivity index (χ1) is 10.5. The third-order valence-corrected chi connectivity index (χ3v) is 4.27. The molecule has 1 heterocycles. The van der Waals surface area contributed by atoms with Gasteiger partial charge in [0.15, 0.2) is 0 Å². The molecule has 5 heteroatoms. The van der Waals surface area contributed by atoms with E-state index in [0.717, 1.165) is 6.42 Å². The number of esters is 1. The Labute approximate surface area is 142 Å². The number of hydrogen-bond acceptors (Lipinski definition) is 3. The van der Waals surface area contributed by atoms with Gasteiger partial charge in [-0.05, 0) is 18.9 Å². The molecule has 122 valence electrons. The van der Waals surface area contributed by atoms with Gasteiger partial charge in [0.2, 0.25) is 0 Å². The Kier molecular flexibility index (Phi) is 8.63. The van der Waals surface area contributed by atoms with Gasteiger partial charge in [0.25, 0.3) is 0 Å². The van der Waals surface area contributed by atoms with Gasteiger partial charge in [-0.3, -0.25) is 4.79 Å². The number of carbonyl (C=O) groups is 1. The van der Waals surface area contributed by atoms with E-state index in [-0.39, 0.29) is 35.0 Å². The molecule has 1 fully saturated rings. The van der Waals surface area contributed by atoms with E-state index in [4.69, 9.17) is 39.1 Å². The molecule has 0 amide bonds. The van der Waals surface area contributed by atoms with E-state index in [1.807, 2.05) is 25.2 Å². The molecule has 2 unspecified atom stereocenters. The van der Waals surface area contributed by atoms with Crippen molar-refractivity contribution >= 4 is 29.2 Å². The summed E-state index contributed by atoms with van der Waals surface area (Å²) in [6.07, 6.45) is 13.5. The van der Waals surface area contributed by atoms with Crippen molar-refractivity contribution in [1.29, 1.82) is 0 Å². The molecule has 0 bridgehead atoms. The maximum absolute atomic E-state index is 11.2. The molecule has 1 saturated heterocycles. The number of halogens is 2. The van der Waals surface area contributed by atoms with Gasteiger partial charge in [-0.15, -0.1) is 29.6 Å². The predicted molar refractivity (Wildman–Crippen MR) is 90.1 cm³/mol. The lowest BCUT2D eigenvalue weighted by Crippen LogP contribution is -2.24. The molecular weight excluding hydrogens is 323 g/mol. The number of carbonyl (C=O) groups excluding carboxylic acids is 1. The minimum atomic E-state index is -0.336. The van der Waals surface area contributed by atoms with Crippen LogP contribution in [0.15, 0.2) is 24.3 Å². The summed E-state index contributed by atoms with van der Waals surface area (Å²) in [5.74, 6) is 2.09. The molecule has 0 saturated carbocycles. The SMILES string of the molecule is C#CC=CCC(Cl)[C@@H]1C[C@H](OC(C)=O)[C@@H](C=CC(Cl)CC)O1. The van der Waals surface area contributed by atoms with Crippen LogP contribution in [-0.4, -0.2) is 35.0 Å². The summed E-state index contributed by atoms with van der Waals surface area (Å²) in [5.41, 5.74) is 0. The Hall–Kier alpha value is -0.950. The number of hydrogen-bond donors (Lipinski definition) is 0. The third-order valence-electron chi connectivity index (χ3n) is 3.36. The molecule has 0 radical (unpaired) electrons. The second-order valence-corrected chi connectivity index (χ2v) is 6.27. The lowest BCUT2D eigenvalue weighted by atomic mass is 10.1. The average molecular weight is 345 g/mol. The predicted octanol–water partition coefficient (Wildman–Crippen LogP) is 3.84. The summed E-state index contributed by atoms with van der Waals surface area (Å²) in [7, 11) is 0. The number of terminal acetylenes is 1. The zero-order valence-electron chi connectivity index (χ0n) is 12.9. The van der Waals surface area contributed by atoms with Crippen molar-refractivity contribution in [2.75, 3.05) is 0 Å². The van der Waals surface area contributed by atoms with E-state index in [1.54, 1.807) is 6.08 Å². The van der Waals surface area contributed by atoms with Crippen LogP contribution in [-0.2, 0) is 14.3 Å². The van der Waals surface area contributed by atoms with Gasteiger partial charge in [-0.25, -0.2) is 0 Å². The summed E-state index contributed by atoms with van der Waals surface area (Å²) in [6.45, 7) is 3.38. The summed E-state index contributed by atoms with van der Waals surface area (Å²) < 4.78 is 11.3. The first kappa shape index (κ1) is 19.1. The first-order valence-electron chi connectivity index (χ1n) is 7.38. The van der Waals surface area contributed by atoms with Crippen molar-refractivity contribution in [2.45, 2.75) is 62.2 Å². The van der Waals surface area contributed by atoms with Crippen LogP contribution in [0.25, 0.3) is 0 Å². The molecule has 1 aliphatic rings. The second-order valence-electron chi connectivity index (χ2n) is 5.15. The van der Waals surface area contributed by atoms with E-state index in [2.05, 4.69) is 5.92 Å². The Morgan fingerprint density at radius 1 is 1.55 bits per heavy atom. The van der Waals surface area contributed by atoms with Gasteiger partial charge in [-0.1, -0.05) is 31.1 Å². The van der Waals surface area contributed by atoms with Crippen LogP contribution in [0.3, 0.4) is 0 Å². The van der Waals surface area contributed by atoms with Crippen molar-refractivity contribution in [2.24, 2.45) is 0 Å². The molecule has 5 atom stereocenters. The zero-order chi connectivity index (χ0) is 16.5. The van der Waals surface area contributed by atoms with Crippen LogP contribution < -0.4 is 0 Å². The highest BCUT2D eigenvalue weighted by Crippen LogP contribution is 2.30. The minimum absolute atomic E-state index is 0.0639. The molecule has 1 rings (SSSR count). The summed E-state index contributed by atoms with van der Waals surface area (Å²) in [5, 5.41) is -0.287. The quantitative estimate of drug-likeness (QED) is 0.304. The van der Waals surface area contributed by atoms with E-state index >= 15 is 0 Å². The second kappa shape index (κ2) is 9.94. The van der Waals surface area contributed by atoms with Gasteiger partial charge in [0, 0.05) is 13.3 Å². The molecule has 3 nitrogen and oxygen atoms in total. The van der Waals surface area contributed by atoms with Crippen LogP contribution in [0.2, 0.25) is 0 Å². The van der Waals surface area contributed by atoms with Crippen LogP contribution >= 0.6 is 23.2 Å². The van der Waals surface area contributed by atoms with Crippen molar-refractivity contribution in [3.63, 3.8) is 0 Å². The lowest BCUT2D eigenvalue weighted by Gasteiger charge is -2.16. The highest BCUT2D eigenvalue weighted by Gasteiger charge is 2.39. The number of rotatable bonds is 7. The molecule has 0 aromatic rings. The van der Waals surface area contributed by atoms with E-state index < -0.39 is 0 Å². The smallest absolute Gasteiger partial charge is 0.303 e. The van der Waals surface area contributed by atoms with Crippen molar-refractivity contribution in [3.05, 3.63) is 24.3 Å². The van der Waals surface area contributed by atoms with Crippen LogP contribution in [0.4, 0.5) is 0 Å². The Balaban J connectivity index is 2.69. The monoisotopic (exact) mass is 344 g/mol. The van der Waals surface area contributed by atoms with Gasteiger partial charge < -0.3 is 9.47 Å². The van der Waals surface area contributed by atoms with Gasteiger partial charge in [0.1, 0.15) is 12.2 Å². The Morgan fingerprint density at radius 2 is 2.27 bits per heavy atom. The maximum Gasteiger partial charge on any atom is 0.303 e. The molecular formula is C17H22Cl2O3. The van der Waals surface area contributed by atoms with Crippen LogP contribution in [0.5, 0.6) is 0 Å². The van der Waals surface area contributed by atoms with Crippen molar-refractivity contribution < 1.29 is 14.3 Å². The number of ether oxygens (including phenoxy) is 2. The van der Waals surface area contributed by atoms with Crippen LogP contribution in [0.1, 0.15) is 33.1 Å². The molecule has 0 spiro atoms. The van der Waals surface area contributed by atoms with E-state index in [0.29, 0.717) is 12.8 Å². The first-order valence-corrected chi connectivity index (χ1v) is 8.25. The van der Waals surface area contributed by atoms with Crippen LogP contribution in [0, 0.1) is 12.3 Å². The fourth-order valence-corrected chi connectivity index (χ4v) is 2.57. The summed E-state index contributed by atoms with van der Waals surface area (Å²) in [4.78, 5) is 11.2. The van der Waals surface area contributed by atoms with Gasteiger partial charge >= 0.3 is 5.97 Å². The van der Waals surface area contributed by atoms with Gasteiger partial charge in [0.05, 0.1) is 16.9 Å². The van der Waals surface area contributed by atoms with Crippen molar-refractivity contribution in [1.82, 2.24) is 0 Å². The number of allylic oxidation sites excluding steroid dienone is 3. The van der Waals surface area contributed by atoms with E-state index in [1.165, 1.54) is 6.92 Å². The highest BCUT2D eigenvalue weighted by atomic mass is 35.5.